The zero-order chi connectivity index (χ0) is 23.7. The normalized spacial score (nSPS) is 17.9. The molecule has 9 nitrogen and oxygen atoms in total. The van der Waals surface area contributed by atoms with Gasteiger partial charge in [0, 0.05) is 12.6 Å². The molecule has 2 aliphatic heterocycles. The van der Waals surface area contributed by atoms with E-state index in [1.54, 1.807) is 60.7 Å². The van der Waals surface area contributed by atoms with E-state index >= 15 is 0 Å². The van der Waals surface area contributed by atoms with Crippen LogP contribution in [-0.2, 0) is 19.2 Å². The number of primary amides is 2. The van der Waals surface area contributed by atoms with E-state index in [1.165, 1.54) is 15.9 Å². The summed E-state index contributed by atoms with van der Waals surface area (Å²) in [5.74, 6) is -2.90. The molecule has 2 aliphatic rings. The van der Waals surface area contributed by atoms with Gasteiger partial charge in [0.2, 0.25) is 17.7 Å². The number of rotatable bonds is 7. The molecule has 0 bridgehead atoms. The number of hydrogen-bond acceptors (Lipinski definition) is 5. The minimum absolute atomic E-state index is 0.0793. The summed E-state index contributed by atoms with van der Waals surface area (Å²) >= 11 is 0. The van der Waals surface area contributed by atoms with Crippen LogP contribution in [0.1, 0.15) is 23.2 Å². The number of nitrogens with zero attached hydrogens (tertiary/aromatic N) is 2. The fraction of sp³-hybridized carbons (Fsp3) is 0.167. The summed E-state index contributed by atoms with van der Waals surface area (Å²) in [5, 5.41) is 10.6. The smallest absolute Gasteiger partial charge is 0.259 e. The van der Waals surface area contributed by atoms with Crippen molar-refractivity contribution in [3.63, 3.8) is 0 Å². The van der Waals surface area contributed by atoms with Crippen molar-refractivity contribution >= 4 is 23.6 Å². The number of aliphatic hydroxyl groups is 1. The molecule has 2 heterocycles. The van der Waals surface area contributed by atoms with Gasteiger partial charge in [-0.1, -0.05) is 60.7 Å². The number of hydrogen-bond donors (Lipinski definition) is 3. The summed E-state index contributed by atoms with van der Waals surface area (Å²) < 4.78 is 0. The SMILES string of the molecule is NC(=O)C(c1ccccc1)N1CC(C2=C(O)CN(C(C(N)=O)c3ccccc3)C2=O)=CC1=O. The van der Waals surface area contributed by atoms with Gasteiger partial charge < -0.3 is 26.4 Å². The van der Waals surface area contributed by atoms with Gasteiger partial charge in [-0.3, -0.25) is 19.2 Å². The van der Waals surface area contributed by atoms with Crippen LogP contribution in [0.4, 0.5) is 0 Å². The Kier molecular flexibility index (Phi) is 5.70. The first-order valence-electron chi connectivity index (χ1n) is 10.2. The van der Waals surface area contributed by atoms with Gasteiger partial charge in [0.25, 0.3) is 5.91 Å². The highest BCUT2D eigenvalue weighted by atomic mass is 16.3. The van der Waals surface area contributed by atoms with Gasteiger partial charge in [0.15, 0.2) is 0 Å². The molecule has 0 radical (unpaired) electrons. The molecule has 0 saturated heterocycles. The van der Waals surface area contributed by atoms with E-state index in [0.717, 1.165) is 0 Å². The van der Waals surface area contributed by atoms with E-state index in [9.17, 15) is 24.3 Å². The molecule has 0 spiro atoms. The van der Waals surface area contributed by atoms with E-state index in [4.69, 9.17) is 11.5 Å². The van der Waals surface area contributed by atoms with Crippen LogP contribution in [0.5, 0.6) is 0 Å². The van der Waals surface area contributed by atoms with Gasteiger partial charge in [0.05, 0.1) is 12.1 Å². The lowest BCUT2D eigenvalue weighted by Gasteiger charge is -2.27. The quantitative estimate of drug-likeness (QED) is 0.577. The van der Waals surface area contributed by atoms with Crippen LogP contribution in [-0.4, -0.2) is 51.6 Å². The monoisotopic (exact) mass is 446 g/mol. The third-order valence-corrected chi connectivity index (χ3v) is 5.72. The summed E-state index contributed by atoms with van der Waals surface area (Å²) in [7, 11) is 0. The average Bonchev–Trinajstić information content (AvgIpc) is 3.28. The molecular weight excluding hydrogens is 424 g/mol. The van der Waals surface area contributed by atoms with Crippen LogP contribution >= 0.6 is 0 Å². The maximum atomic E-state index is 13.2. The number of benzene rings is 2. The predicted molar refractivity (Wildman–Crippen MR) is 118 cm³/mol. The molecule has 2 aromatic rings. The Labute approximate surface area is 189 Å². The molecule has 0 aromatic heterocycles. The van der Waals surface area contributed by atoms with Gasteiger partial charge in [0.1, 0.15) is 17.8 Å². The number of aliphatic hydroxyl groups excluding tert-OH is 1. The first-order chi connectivity index (χ1) is 15.8. The molecule has 33 heavy (non-hydrogen) atoms. The molecule has 2 unspecified atom stereocenters. The largest absolute Gasteiger partial charge is 0.510 e. The molecule has 168 valence electrons. The standard InChI is InChI=1S/C24H22N4O5/c25-22(31)20(14-7-3-1-4-8-14)27-12-16(11-18(27)30)19-17(29)13-28(24(19)33)21(23(26)32)15-9-5-2-6-10-15/h1-11,20-21,29H,12-13H2,(H2,25,31)(H2,26,32). The summed E-state index contributed by atoms with van der Waals surface area (Å²) in [6.45, 7) is -0.340. The van der Waals surface area contributed by atoms with Crippen molar-refractivity contribution in [2.24, 2.45) is 11.5 Å². The van der Waals surface area contributed by atoms with E-state index < -0.39 is 35.7 Å². The lowest BCUT2D eigenvalue weighted by atomic mass is 10.0. The van der Waals surface area contributed by atoms with E-state index in [1.807, 2.05) is 0 Å². The van der Waals surface area contributed by atoms with Crippen LogP contribution in [0.25, 0.3) is 0 Å². The number of carbonyl (C=O) groups is 4. The van der Waals surface area contributed by atoms with Gasteiger partial charge in [-0.05, 0) is 16.7 Å². The number of carbonyl (C=O) groups excluding carboxylic acids is 4. The second-order valence-corrected chi connectivity index (χ2v) is 7.82. The predicted octanol–water partition coefficient (Wildman–Crippen LogP) is 0.863. The van der Waals surface area contributed by atoms with E-state index in [-0.39, 0.29) is 30.0 Å². The molecule has 9 heteroatoms. The summed E-state index contributed by atoms with van der Waals surface area (Å²) in [6, 6.07) is 15.0. The molecule has 2 atom stereocenters. The maximum Gasteiger partial charge on any atom is 0.259 e. The molecule has 4 rings (SSSR count). The highest BCUT2D eigenvalue weighted by molar-refractivity contribution is 6.07. The van der Waals surface area contributed by atoms with Crippen molar-refractivity contribution in [3.8, 4) is 0 Å². The first-order valence-corrected chi connectivity index (χ1v) is 10.2. The van der Waals surface area contributed by atoms with E-state index in [2.05, 4.69) is 0 Å². The third-order valence-electron chi connectivity index (χ3n) is 5.72. The summed E-state index contributed by atoms with van der Waals surface area (Å²) in [5.41, 5.74) is 12.3. The average molecular weight is 446 g/mol. The summed E-state index contributed by atoms with van der Waals surface area (Å²) in [4.78, 5) is 52.8. The third kappa shape index (κ3) is 3.96. The maximum absolute atomic E-state index is 13.2. The van der Waals surface area contributed by atoms with Gasteiger partial charge >= 0.3 is 0 Å². The van der Waals surface area contributed by atoms with Crippen LogP contribution in [0, 0.1) is 0 Å². The number of amides is 4. The molecule has 5 N–H and O–H groups in total. The minimum Gasteiger partial charge on any atom is -0.510 e. The van der Waals surface area contributed by atoms with Crippen LogP contribution in [0.2, 0.25) is 0 Å². The van der Waals surface area contributed by atoms with Crippen molar-refractivity contribution < 1.29 is 24.3 Å². The zero-order valence-corrected chi connectivity index (χ0v) is 17.5. The second kappa shape index (κ2) is 8.62. The van der Waals surface area contributed by atoms with Crippen molar-refractivity contribution in [3.05, 3.63) is 94.8 Å². The Balaban J connectivity index is 1.61. The first kappa shape index (κ1) is 21.8. The van der Waals surface area contributed by atoms with Crippen LogP contribution < -0.4 is 11.5 Å². The van der Waals surface area contributed by atoms with Gasteiger partial charge in [-0.25, -0.2) is 0 Å². The Hall–Kier alpha value is -4.40. The topological polar surface area (TPSA) is 147 Å². The van der Waals surface area contributed by atoms with Crippen molar-refractivity contribution in [2.75, 3.05) is 13.1 Å². The minimum atomic E-state index is -1.09. The fourth-order valence-corrected chi connectivity index (χ4v) is 4.29. The Morgan fingerprint density at radius 1 is 0.788 bits per heavy atom. The molecule has 0 aliphatic carbocycles. The molecule has 0 saturated carbocycles. The van der Waals surface area contributed by atoms with Crippen LogP contribution in [0.15, 0.2) is 83.6 Å². The zero-order valence-electron chi connectivity index (χ0n) is 17.5. The highest BCUT2D eigenvalue weighted by Gasteiger charge is 2.43. The van der Waals surface area contributed by atoms with Crippen LogP contribution in [0.3, 0.4) is 0 Å². The molecule has 0 fully saturated rings. The molecule has 2 aromatic carbocycles. The lowest BCUT2D eigenvalue weighted by molar-refractivity contribution is -0.135. The highest BCUT2D eigenvalue weighted by Crippen LogP contribution is 2.35. The van der Waals surface area contributed by atoms with E-state index in [0.29, 0.717) is 11.1 Å². The van der Waals surface area contributed by atoms with Crippen molar-refractivity contribution in [1.29, 1.82) is 0 Å². The Bertz CT molecular complexity index is 1190. The van der Waals surface area contributed by atoms with Gasteiger partial charge in [-0.2, -0.15) is 0 Å². The lowest BCUT2D eigenvalue weighted by Crippen LogP contribution is -2.40. The molecule has 4 amide bonds. The molecular formula is C24H22N4O5. The fourth-order valence-electron chi connectivity index (χ4n) is 4.29. The van der Waals surface area contributed by atoms with Crippen molar-refractivity contribution in [2.45, 2.75) is 12.1 Å². The number of nitrogens with two attached hydrogens (primary N) is 2. The second-order valence-electron chi connectivity index (χ2n) is 7.82. The van der Waals surface area contributed by atoms with Gasteiger partial charge in [-0.15, -0.1) is 0 Å². The Morgan fingerprint density at radius 2 is 1.27 bits per heavy atom. The Morgan fingerprint density at radius 3 is 1.76 bits per heavy atom. The van der Waals surface area contributed by atoms with Crippen molar-refractivity contribution in [1.82, 2.24) is 9.80 Å². The summed E-state index contributed by atoms with van der Waals surface area (Å²) in [6.07, 6.45) is 1.20.